The zero-order chi connectivity index (χ0) is 17.6. The van der Waals surface area contributed by atoms with E-state index >= 15 is 0 Å². The molecule has 4 aromatic rings. The van der Waals surface area contributed by atoms with Gasteiger partial charge in [0.15, 0.2) is 0 Å². The van der Waals surface area contributed by atoms with Gasteiger partial charge < -0.3 is 9.88 Å². The lowest BCUT2D eigenvalue weighted by Crippen LogP contribution is -2.09. The van der Waals surface area contributed by atoms with E-state index in [1.807, 2.05) is 35.4 Å². The molecule has 0 spiro atoms. The lowest BCUT2D eigenvalue weighted by Gasteiger charge is -2.11. The van der Waals surface area contributed by atoms with E-state index in [0.29, 0.717) is 6.54 Å². The molecule has 0 amide bonds. The van der Waals surface area contributed by atoms with Crippen LogP contribution in [-0.4, -0.2) is 19.3 Å². The minimum Gasteiger partial charge on any atom is -0.378 e. The largest absolute Gasteiger partial charge is 0.378 e. The molecule has 4 rings (SSSR count). The number of imidazole rings is 1. The number of anilines is 1. The van der Waals surface area contributed by atoms with Crippen LogP contribution in [-0.2, 0) is 19.6 Å². The Kier molecular flexibility index (Phi) is 4.78. The van der Waals surface area contributed by atoms with E-state index in [-0.39, 0.29) is 0 Å². The molecular weight excluding hydrogens is 322 g/mol. The summed E-state index contributed by atoms with van der Waals surface area (Å²) in [4.78, 5) is 4.50. The second kappa shape index (κ2) is 7.70. The molecular formula is C21H21N5. The third-order valence-corrected chi connectivity index (χ3v) is 4.28. The zero-order valence-corrected chi connectivity index (χ0v) is 14.5. The van der Waals surface area contributed by atoms with Gasteiger partial charge in [0.1, 0.15) is 5.82 Å². The SMILES string of the molecule is c1ccc(Cn2ccnc2CNc2cccc(Cn3cccn3)c2)cc1. The van der Waals surface area contributed by atoms with Crippen molar-refractivity contribution in [2.45, 2.75) is 19.6 Å². The molecule has 0 aliphatic heterocycles. The van der Waals surface area contributed by atoms with Crippen LogP contribution in [0.4, 0.5) is 5.69 Å². The molecule has 0 unspecified atom stereocenters. The van der Waals surface area contributed by atoms with E-state index in [1.54, 1.807) is 6.20 Å². The van der Waals surface area contributed by atoms with Gasteiger partial charge in [-0.2, -0.15) is 5.10 Å². The van der Waals surface area contributed by atoms with Crippen molar-refractivity contribution in [3.8, 4) is 0 Å². The molecule has 0 atom stereocenters. The molecule has 5 heteroatoms. The first kappa shape index (κ1) is 16.1. The van der Waals surface area contributed by atoms with Gasteiger partial charge in [0, 0.05) is 37.0 Å². The summed E-state index contributed by atoms with van der Waals surface area (Å²) in [7, 11) is 0. The summed E-state index contributed by atoms with van der Waals surface area (Å²) < 4.78 is 4.10. The number of hydrogen-bond acceptors (Lipinski definition) is 3. The lowest BCUT2D eigenvalue weighted by atomic mass is 10.2. The van der Waals surface area contributed by atoms with Crippen LogP contribution in [0, 0.1) is 0 Å². The second-order valence-corrected chi connectivity index (χ2v) is 6.21. The number of nitrogens with one attached hydrogen (secondary N) is 1. The number of rotatable bonds is 7. The zero-order valence-electron chi connectivity index (χ0n) is 14.5. The highest BCUT2D eigenvalue weighted by atomic mass is 15.3. The molecule has 0 aliphatic rings. The van der Waals surface area contributed by atoms with Crippen molar-refractivity contribution >= 4 is 5.69 Å². The van der Waals surface area contributed by atoms with Gasteiger partial charge in [-0.05, 0) is 29.3 Å². The average molecular weight is 343 g/mol. The van der Waals surface area contributed by atoms with Gasteiger partial charge in [-0.25, -0.2) is 4.98 Å². The molecule has 0 saturated carbocycles. The number of hydrogen-bond donors (Lipinski definition) is 1. The Morgan fingerprint density at radius 2 is 1.69 bits per heavy atom. The first-order valence-corrected chi connectivity index (χ1v) is 8.71. The topological polar surface area (TPSA) is 47.7 Å². The second-order valence-electron chi connectivity index (χ2n) is 6.21. The summed E-state index contributed by atoms with van der Waals surface area (Å²) in [6.45, 7) is 2.29. The smallest absolute Gasteiger partial charge is 0.128 e. The summed E-state index contributed by atoms with van der Waals surface area (Å²) in [5.41, 5.74) is 3.57. The molecule has 0 radical (unpaired) electrons. The van der Waals surface area contributed by atoms with Gasteiger partial charge in [0.25, 0.3) is 0 Å². The maximum atomic E-state index is 4.50. The van der Waals surface area contributed by atoms with E-state index in [4.69, 9.17) is 0 Å². The molecule has 0 fully saturated rings. The van der Waals surface area contributed by atoms with Gasteiger partial charge in [-0.3, -0.25) is 4.68 Å². The first-order valence-electron chi connectivity index (χ1n) is 8.71. The van der Waals surface area contributed by atoms with Crippen LogP contribution in [0.2, 0.25) is 0 Å². The van der Waals surface area contributed by atoms with Gasteiger partial charge in [-0.15, -0.1) is 0 Å². The summed E-state index contributed by atoms with van der Waals surface area (Å²) in [6, 6.07) is 20.8. The standard InChI is InChI=1S/C21H21N5/c1-2-6-18(7-3-1)16-25-13-11-22-21(25)15-23-20-9-4-8-19(14-20)17-26-12-5-10-24-26/h1-14,23H,15-17H2. The Labute approximate surface area is 152 Å². The fourth-order valence-electron chi connectivity index (χ4n) is 2.97. The minimum absolute atomic E-state index is 0.686. The lowest BCUT2D eigenvalue weighted by molar-refractivity contribution is 0.687. The third kappa shape index (κ3) is 4.00. The van der Waals surface area contributed by atoms with E-state index in [0.717, 1.165) is 24.6 Å². The molecule has 0 saturated heterocycles. The Hall–Kier alpha value is -3.34. The predicted octanol–water partition coefficient (Wildman–Crippen LogP) is 3.79. The van der Waals surface area contributed by atoms with Gasteiger partial charge >= 0.3 is 0 Å². The van der Waals surface area contributed by atoms with Crippen LogP contribution in [0.3, 0.4) is 0 Å². The van der Waals surface area contributed by atoms with Crippen LogP contribution in [0.5, 0.6) is 0 Å². The molecule has 26 heavy (non-hydrogen) atoms. The predicted molar refractivity (Wildman–Crippen MR) is 103 cm³/mol. The van der Waals surface area contributed by atoms with Crippen molar-refractivity contribution in [1.82, 2.24) is 19.3 Å². The molecule has 5 nitrogen and oxygen atoms in total. The van der Waals surface area contributed by atoms with Crippen LogP contribution in [0.25, 0.3) is 0 Å². The normalized spacial score (nSPS) is 10.8. The van der Waals surface area contributed by atoms with Gasteiger partial charge in [-0.1, -0.05) is 42.5 Å². The molecule has 130 valence electrons. The molecule has 2 heterocycles. The Balaban J connectivity index is 1.41. The highest BCUT2D eigenvalue weighted by Gasteiger charge is 2.04. The quantitative estimate of drug-likeness (QED) is 0.555. The fraction of sp³-hybridized carbons (Fsp3) is 0.143. The molecule has 0 bridgehead atoms. The van der Waals surface area contributed by atoms with E-state index in [9.17, 15) is 0 Å². The summed E-state index contributed by atoms with van der Waals surface area (Å²) in [5.74, 6) is 1.02. The molecule has 0 aliphatic carbocycles. The van der Waals surface area contributed by atoms with Crippen LogP contribution in [0.1, 0.15) is 17.0 Å². The summed E-state index contributed by atoms with van der Waals surface area (Å²) >= 11 is 0. The van der Waals surface area contributed by atoms with E-state index in [1.165, 1.54) is 11.1 Å². The maximum Gasteiger partial charge on any atom is 0.128 e. The fourth-order valence-corrected chi connectivity index (χ4v) is 2.97. The highest BCUT2D eigenvalue weighted by molar-refractivity contribution is 5.45. The molecule has 1 N–H and O–H groups in total. The monoisotopic (exact) mass is 343 g/mol. The van der Waals surface area contributed by atoms with E-state index < -0.39 is 0 Å². The van der Waals surface area contributed by atoms with Gasteiger partial charge in [0.2, 0.25) is 0 Å². The van der Waals surface area contributed by atoms with Crippen molar-refractivity contribution in [3.05, 3.63) is 102 Å². The maximum absolute atomic E-state index is 4.50. The van der Waals surface area contributed by atoms with Crippen molar-refractivity contribution < 1.29 is 0 Å². The number of nitrogens with zero attached hydrogens (tertiary/aromatic N) is 4. The summed E-state index contributed by atoms with van der Waals surface area (Å²) in [6.07, 6.45) is 7.65. The molecule has 2 aromatic carbocycles. The Morgan fingerprint density at radius 3 is 2.54 bits per heavy atom. The van der Waals surface area contributed by atoms with Crippen LogP contribution >= 0.6 is 0 Å². The highest BCUT2D eigenvalue weighted by Crippen LogP contribution is 2.13. The Morgan fingerprint density at radius 1 is 0.808 bits per heavy atom. The minimum atomic E-state index is 0.686. The van der Waals surface area contributed by atoms with Crippen molar-refractivity contribution in [1.29, 1.82) is 0 Å². The third-order valence-electron chi connectivity index (χ3n) is 4.28. The average Bonchev–Trinajstić information content (AvgIpc) is 3.33. The van der Waals surface area contributed by atoms with Crippen LogP contribution < -0.4 is 5.32 Å². The number of aromatic nitrogens is 4. The summed E-state index contributed by atoms with van der Waals surface area (Å²) in [5, 5.41) is 7.74. The van der Waals surface area contributed by atoms with Crippen LogP contribution in [0.15, 0.2) is 85.5 Å². The van der Waals surface area contributed by atoms with E-state index in [2.05, 4.69) is 68.5 Å². The van der Waals surface area contributed by atoms with Crippen molar-refractivity contribution in [2.24, 2.45) is 0 Å². The molecule has 2 aromatic heterocycles. The first-order chi connectivity index (χ1) is 12.9. The van der Waals surface area contributed by atoms with Crippen molar-refractivity contribution in [2.75, 3.05) is 5.32 Å². The van der Waals surface area contributed by atoms with Gasteiger partial charge in [0.05, 0.1) is 13.1 Å². The number of benzene rings is 2. The Bertz CT molecular complexity index is 941. The van der Waals surface area contributed by atoms with Crippen molar-refractivity contribution in [3.63, 3.8) is 0 Å².